The van der Waals surface area contributed by atoms with E-state index in [9.17, 15) is 4.57 Å². The van der Waals surface area contributed by atoms with Crippen molar-refractivity contribution in [1.29, 1.82) is 0 Å². The monoisotopic (exact) mass is 505 g/mol. The number of rotatable bonds is 4. The van der Waals surface area contributed by atoms with Gasteiger partial charge in [0.05, 0.1) is 5.69 Å². The molecule has 0 aliphatic carbocycles. The number of benzene rings is 6. The van der Waals surface area contributed by atoms with Crippen LogP contribution in [0.5, 0.6) is 0 Å². The largest absolute Gasteiger partial charge is 0.309 e. The molecule has 0 spiro atoms. The Kier molecular flexibility index (Phi) is 5.43. The summed E-state index contributed by atoms with van der Waals surface area (Å²) in [5, 5.41) is 9.80. The van der Waals surface area contributed by atoms with Crippen molar-refractivity contribution >= 4 is 55.4 Å². The van der Waals surface area contributed by atoms with E-state index in [1.165, 1.54) is 32.3 Å². The first-order chi connectivity index (χ1) is 18.7. The number of hydrogen-bond acceptors (Lipinski definition) is 2. The van der Waals surface area contributed by atoms with Crippen LogP contribution in [0.4, 0.5) is 0 Å². The Morgan fingerprint density at radius 2 is 0.895 bits per heavy atom. The second-order valence-electron chi connectivity index (χ2n) is 9.53. The highest BCUT2D eigenvalue weighted by atomic mass is 31.2. The molecular formula is C35H24NOP. The molecule has 38 heavy (non-hydrogen) atoms. The predicted octanol–water partition coefficient (Wildman–Crippen LogP) is 7.85. The standard InChI is InChI=1S/C35H24NOP/c37-38(26-11-3-1-4-12-26,27-13-5-2-6-14-27)28-20-22-35(36-24-28)25-19-21-33-31-17-8-7-15-29(31)30-16-9-10-18-32(30)34(33)23-25/h1-24H. The van der Waals surface area contributed by atoms with Crippen molar-refractivity contribution in [3.8, 4) is 11.3 Å². The van der Waals surface area contributed by atoms with Crippen molar-refractivity contribution in [2.45, 2.75) is 0 Å². The summed E-state index contributed by atoms with van der Waals surface area (Å²) >= 11 is 0. The molecule has 2 nitrogen and oxygen atoms in total. The fraction of sp³-hybridized carbons (Fsp3) is 0. The lowest BCUT2D eigenvalue weighted by Crippen LogP contribution is -2.25. The highest BCUT2D eigenvalue weighted by molar-refractivity contribution is 7.85. The molecule has 0 aliphatic rings. The van der Waals surface area contributed by atoms with Crippen LogP contribution < -0.4 is 15.9 Å². The molecular weight excluding hydrogens is 481 g/mol. The minimum Gasteiger partial charge on any atom is -0.309 e. The zero-order valence-corrected chi connectivity index (χ0v) is 21.6. The number of nitrogens with zero attached hydrogens (tertiary/aromatic N) is 1. The predicted molar refractivity (Wildman–Crippen MR) is 162 cm³/mol. The second-order valence-corrected chi connectivity index (χ2v) is 12.3. The van der Waals surface area contributed by atoms with Gasteiger partial charge in [-0.15, -0.1) is 0 Å². The normalized spacial score (nSPS) is 11.8. The van der Waals surface area contributed by atoms with Crippen molar-refractivity contribution in [2.24, 2.45) is 0 Å². The minimum absolute atomic E-state index is 0.732. The van der Waals surface area contributed by atoms with Gasteiger partial charge in [0.2, 0.25) is 0 Å². The lowest BCUT2D eigenvalue weighted by Gasteiger charge is -2.20. The van der Waals surface area contributed by atoms with Gasteiger partial charge >= 0.3 is 0 Å². The lowest BCUT2D eigenvalue weighted by atomic mass is 9.93. The maximum Gasteiger partial charge on any atom is 0.172 e. The minimum atomic E-state index is -3.05. The van der Waals surface area contributed by atoms with E-state index >= 15 is 0 Å². The van der Waals surface area contributed by atoms with Gasteiger partial charge < -0.3 is 4.57 Å². The molecule has 0 unspecified atom stereocenters. The number of pyridine rings is 1. The molecule has 0 fully saturated rings. The highest BCUT2D eigenvalue weighted by Gasteiger charge is 2.29. The number of aromatic nitrogens is 1. The van der Waals surface area contributed by atoms with Gasteiger partial charge in [-0.25, -0.2) is 0 Å². The van der Waals surface area contributed by atoms with Crippen molar-refractivity contribution in [3.05, 3.63) is 146 Å². The Bertz CT molecular complexity index is 1900. The molecule has 1 heterocycles. The molecule has 0 amide bonds. The van der Waals surface area contributed by atoms with Crippen molar-refractivity contribution in [1.82, 2.24) is 4.98 Å². The fourth-order valence-electron chi connectivity index (χ4n) is 5.53. The van der Waals surface area contributed by atoms with Crippen LogP contribution in [0.3, 0.4) is 0 Å². The van der Waals surface area contributed by atoms with Gasteiger partial charge in [0, 0.05) is 27.7 Å². The summed E-state index contributed by atoms with van der Waals surface area (Å²) in [6.45, 7) is 0. The summed E-state index contributed by atoms with van der Waals surface area (Å²) in [7, 11) is -3.05. The topological polar surface area (TPSA) is 30.0 Å². The summed E-state index contributed by atoms with van der Waals surface area (Å²) in [5.41, 5.74) is 1.90. The van der Waals surface area contributed by atoms with Gasteiger partial charge in [-0.1, -0.05) is 121 Å². The van der Waals surface area contributed by atoms with E-state index in [1.807, 2.05) is 72.8 Å². The summed E-state index contributed by atoms with van der Waals surface area (Å²) in [6.07, 6.45) is 1.79. The van der Waals surface area contributed by atoms with Crippen molar-refractivity contribution in [3.63, 3.8) is 0 Å². The maximum absolute atomic E-state index is 14.7. The average Bonchev–Trinajstić information content (AvgIpc) is 3.01. The van der Waals surface area contributed by atoms with Gasteiger partial charge in [0.25, 0.3) is 0 Å². The van der Waals surface area contributed by atoms with Crippen LogP contribution in [0.2, 0.25) is 0 Å². The third-order valence-corrected chi connectivity index (χ3v) is 10.4. The molecule has 0 bridgehead atoms. The van der Waals surface area contributed by atoms with Crippen LogP contribution in [0.1, 0.15) is 0 Å². The van der Waals surface area contributed by atoms with Crippen LogP contribution in [-0.4, -0.2) is 4.98 Å². The molecule has 0 saturated carbocycles. The zero-order chi connectivity index (χ0) is 25.5. The van der Waals surface area contributed by atoms with Gasteiger partial charge in [-0.3, -0.25) is 4.98 Å². The first kappa shape index (κ1) is 22.7. The summed E-state index contributed by atoms with van der Waals surface area (Å²) in [6, 6.07) is 47.2. The zero-order valence-electron chi connectivity index (χ0n) is 20.7. The van der Waals surface area contributed by atoms with E-state index in [4.69, 9.17) is 4.98 Å². The molecule has 0 N–H and O–H groups in total. The Morgan fingerprint density at radius 1 is 0.421 bits per heavy atom. The smallest absolute Gasteiger partial charge is 0.172 e. The summed E-state index contributed by atoms with van der Waals surface area (Å²) < 4.78 is 14.7. The maximum atomic E-state index is 14.7. The van der Waals surface area contributed by atoms with Gasteiger partial charge in [-0.05, 0) is 50.5 Å². The molecule has 3 heteroatoms. The van der Waals surface area contributed by atoms with Crippen LogP contribution in [0, 0.1) is 0 Å². The molecule has 180 valence electrons. The third kappa shape index (κ3) is 3.57. The molecule has 0 aliphatic heterocycles. The van der Waals surface area contributed by atoms with E-state index in [2.05, 4.69) is 66.7 Å². The molecule has 0 saturated heterocycles. The summed E-state index contributed by atoms with van der Waals surface area (Å²) in [4.78, 5) is 4.84. The molecule has 0 atom stereocenters. The summed E-state index contributed by atoms with van der Waals surface area (Å²) in [5.74, 6) is 0. The van der Waals surface area contributed by atoms with E-state index in [1.54, 1.807) is 6.20 Å². The quantitative estimate of drug-likeness (QED) is 0.180. The van der Waals surface area contributed by atoms with Crippen LogP contribution in [-0.2, 0) is 4.57 Å². The first-order valence-corrected chi connectivity index (χ1v) is 14.5. The average molecular weight is 506 g/mol. The van der Waals surface area contributed by atoms with Crippen LogP contribution >= 0.6 is 7.14 Å². The number of hydrogen-bond donors (Lipinski definition) is 0. The highest BCUT2D eigenvalue weighted by Crippen LogP contribution is 2.42. The van der Waals surface area contributed by atoms with Gasteiger partial charge in [0.1, 0.15) is 0 Å². The van der Waals surface area contributed by atoms with Gasteiger partial charge in [0.15, 0.2) is 7.14 Å². The van der Waals surface area contributed by atoms with E-state index in [0.717, 1.165) is 27.2 Å². The molecule has 6 aromatic carbocycles. The second kappa shape index (κ2) is 9.10. The third-order valence-electron chi connectivity index (χ3n) is 7.39. The van der Waals surface area contributed by atoms with E-state index in [-0.39, 0.29) is 0 Å². The Morgan fingerprint density at radius 3 is 1.39 bits per heavy atom. The Labute approximate surface area is 221 Å². The van der Waals surface area contributed by atoms with E-state index < -0.39 is 7.14 Å². The van der Waals surface area contributed by atoms with Crippen LogP contribution in [0.25, 0.3) is 43.6 Å². The molecule has 1 aromatic heterocycles. The van der Waals surface area contributed by atoms with E-state index in [0.29, 0.717) is 0 Å². The molecule has 7 aromatic rings. The van der Waals surface area contributed by atoms with Crippen molar-refractivity contribution in [2.75, 3.05) is 0 Å². The molecule has 0 radical (unpaired) electrons. The molecule has 7 rings (SSSR count). The number of fused-ring (bicyclic) bond motifs is 6. The SMILES string of the molecule is O=P(c1ccccc1)(c1ccccc1)c1ccc(-c2ccc3c4ccccc4c4ccccc4c3c2)nc1. The Balaban J connectivity index is 1.38. The fourth-order valence-corrected chi connectivity index (χ4v) is 8.12. The van der Waals surface area contributed by atoms with Gasteiger partial charge in [-0.2, -0.15) is 0 Å². The lowest BCUT2D eigenvalue weighted by molar-refractivity contribution is 0.592. The first-order valence-electron chi connectivity index (χ1n) is 12.7. The van der Waals surface area contributed by atoms with Crippen LogP contribution in [0.15, 0.2) is 146 Å². The Hall–Kier alpha value is -4.52. The van der Waals surface area contributed by atoms with Crippen molar-refractivity contribution < 1.29 is 4.57 Å².